The van der Waals surface area contributed by atoms with Gasteiger partial charge in [-0.3, -0.25) is 14.1 Å². The first-order valence-electron chi connectivity index (χ1n) is 3.64. The lowest BCUT2D eigenvalue weighted by atomic mass is 10.3. The minimum atomic E-state index is -4.84. The van der Waals surface area contributed by atoms with Crippen molar-refractivity contribution in [2.75, 3.05) is 0 Å². The van der Waals surface area contributed by atoms with Crippen LogP contribution in [0, 0.1) is 0 Å². The molecule has 0 amide bonds. The lowest BCUT2D eigenvalue weighted by molar-refractivity contribution is -0.143. The SMILES string of the molecule is C=CC.Cl.Cl.O=C(O)CC(C(=O)O)S(=O)(=O)O. The van der Waals surface area contributed by atoms with Crippen molar-refractivity contribution < 1.29 is 32.8 Å². The Bertz CT molecular complexity index is 338. The molecule has 0 aromatic carbocycles. The van der Waals surface area contributed by atoms with Crippen LogP contribution in [-0.4, -0.2) is 40.4 Å². The molecule has 0 aromatic heterocycles. The molecular formula is C7H14Cl2O7S. The van der Waals surface area contributed by atoms with E-state index in [1.165, 1.54) is 0 Å². The molecule has 0 rings (SSSR count). The van der Waals surface area contributed by atoms with Gasteiger partial charge in [-0.25, -0.2) is 0 Å². The molecule has 3 N–H and O–H groups in total. The molecule has 0 aliphatic heterocycles. The van der Waals surface area contributed by atoms with Gasteiger partial charge in [-0.05, 0) is 6.92 Å². The predicted molar refractivity (Wildman–Crippen MR) is 65.6 cm³/mol. The Morgan fingerprint density at radius 3 is 1.65 bits per heavy atom. The maximum absolute atomic E-state index is 10.2. The zero-order valence-electron chi connectivity index (χ0n) is 8.77. The summed E-state index contributed by atoms with van der Waals surface area (Å²) >= 11 is 0. The highest BCUT2D eigenvalue weighted by atomic mass is 35.5. The Labute approximate surface area is 111 Å². The van der Waals surface area contributed by atoms with Crippen LogP contribution >= 0.6 is 24.8 Å². The maximum Gasteiger partial charge on any atom is 0.325 e. The van der Waals surface area contributed by atoms with Gasteiger partial charge in [0.15, 0.2) is 5.25 Å². The van der Waals surface area contributed by atoms with Gasteiger partial charge in [0, 0.05) is 0 Å². The lowest BCUT2D eigenvalue weighted by Gasteiger charge is -2.04. The summed E-state index contributed by atoms with van der Waals surface area (Å²) in [7, 11) is -4.84. The van der Waals surface area contributed by atoms with Crippen LogP contribution in [0.3, 0.4) is 0 Å². The standard InChI is InChI=1S/C4H6O7S.C3H6.2ClH/c5-3(6)1-2(4(7)8)12(9,10)11;1-3-2;;/h2H,1H2,(H,5,6)(H,7,8)(H,9,10,11);3H,1H2,2H3;2*1H. The van der Waals surface area contributed by atoms with Crippen LogP contribution in [0.5, 0.6) is 0 Å². The number of hydrogen-bond donors (Lipinski definition) is 3. The van der Waals surface area contributed by atoms with Gasteiger partial charge < -0.3 is 10.2 Å². The molecule has 0 aliphatic rings. The second kappa shape index (κ2) is 11.6. The molecule has 0 heterocycles. The van der Waals surface area contributed by atoms with Gasteiger partial charge in [0.25, 0.3) is 10.1 Å². The molecule has 1 atom stereocenters. The molecule has 0 spiro atoms. The van der Waals surface area contributed by atoms with E-state index in [1.807, 2.05) is 6.92 Å². The van der Waals surface area contributed by atoms with Gasteiger partial charge in [-0.15, -0.1) is 31.4 Å². The molecule has 0 aliphatic carbocycles. The molecule has 10 heteroatoms. The highest BCUT2D eigenvalue weighted by Gasteiger charge is 2.33. The van der Waals surface area contributed by atoms with E-state index in [0.717, 1.165) is 0 Å². The minimum Gasteiger partial charge on any atom is -0.481 e. The monoisotopic (exact) mass is 312 g/mol. The van der Waals surface area contributed by atoms with Crippen LogP contribution in [0.15, 0.2) is 12.7 Å². The van der Waals surface area contributed by atoms with Crippen LogP contribution in [-0.2, 0) is 19.7 Å². The Kier molecular flexibility index (Phi) is 17.2. The van der Waals surface area contributed by atoms with Crippen molar-refractivity contribution in [1.29, 1.82) is 0 Å². The Hall–Kier alpha value is -0.830. The average Bonchev–Trinajstić information content (AvgIpc) is 1.98. The highest BCUT2D eigenvalue weighted by Crippen LogP contribution is 2.04. The van der Waals surface area contributed by atoms with E-state index in [-0.39, 0.29) is 24.8 Å². The Morgan fingerprint density at radius 1 is 1.29 bits per heavy atom. The fraction of sp³-hybridized carbons (Fsp3) is 0.429. The zero-order valence-corrected chi connectivity index (χ0v) is 11.2. The van der Waals surface area contributed by atoms with Crippen LogP contribution in [0.2, 0.25) is 0 Å². The third-order valence-corrected chi connectivity index (χ3v) is 2.08. The van der Waals surface area contributed by atoms with E-state index < -0.39 is 33.7 Å². The Morgan fingerprint density at radius 2 is 1.59 bits per heavy atom. The van der Waals surface area contributed by atoms with E-state index in [4.69, 9.17) is 14.8 Å². The van der Waals surface area contributed by atoms with E-state index in [2.05, 4.69) is 6.58 Å². The topological polar surface area (TPSA) is 129 Å². The van der Waals surface area contributed by atoms with Crippen LogP contribution in [0.4, 0.5) is 0 Å². The predicted octanol–water partition coefficient (Wildman–Crippen LogP) is 0.838. The summed E-state index contributed by atoms with van der Waals surface area (Å²) in [6, 6.07) is 0. The molecule has 0 radical (unpaired) electrons. The molecular weight excluding hydrogens is 299 g/mol. The fourth-order valence-corrected chi connectivity index (χ4v) is 1.09. The van der Waals surface area contributed by atoms with Crippen molar-refractivity contribution in [2.24, 2.45) is 0 Å². The molecule has 0 bridgehead atoms. The maximum atomic E-state index is 10.2. The molecule has 104 valence electrons. The Balaban J connectivity index is -0.000000152. The normalized spacial score (nSPS) is 10.5. The minimum absolute atomic E-state index is 0. The highest BCUT2D eigenvalue weighted by molar-refractivity contribution is 7.87. The number of hydrogen-bond acceptors (Lipinski definition) is 4. The summed E-state index contributed by atoms with van der Waals surface area (Å²) in [4.78, 5) is 20.0. The van der Waals surface area contributed by atoms with Gasteiger partial charge >= 0.3 is 11.9 Å². The average molecular weight is 313 g/mol. The van der Waals surface area contributed by atoms with Gasteiger partial charge in [0.1, 0.15) is 0 Å². The van der Waals surface area contributed by atoms with Gasteiger partial charge in [-0.2, -0.15) is 8.42 Å². The first-order chi connectivity index (χ1) is 6.66. The first-order valence-corrected chi connectivity index (χ1v) is 5.15. The van der Waals surface area contributed by atoms with Crippen molar-refractivity contribution in [2.45, 2.75) is 18.6 Å². The molecule has 1 unspecified atom stereocenters. The van der Waals surface area contributed by atoms with Gasteiger partial charge in [-0.1, -0.05) is 6.08 Å². The summed E-state index contributed by atoms with van der Waals surface area (Å²) in [6.45, 7) is 5.25. The summed E-state index contributed by atoms with van der Waals surface area (Å²) in [5, 5.41) is 13.9. The van der Waals surface area contributed by atoms with Crippen molar-refractivity contribution >= 4 is 46.9 Å². The summed E-state index contributed by atoms with van der Waals surface area (Å²) in [5.74, 6) is -3.50. The summed E-state index contributed by atoms with van der Waals surface area (Å²) in [5.41, 5.74) is 0. The zero-order chi connectivity index (χ0) is 12.6. The smallest absolute Gasteiger partial charge is 0.325 e. The number of allylic oxidation sites excluding steroid dienone is 1. The first kappa shape index (κ1) is 25.1. The quantitative estimate of drug-likeness (QED) is 0.518. The number of rotatable bonds is 4. The number of halogens is 2. The molecule has 0 aromatic rings. The van der Waals surface area contributed by atoms with Gasteiger partial charge in [0.05, 0.1) is 6.42 Å². The molecule has 7 nitrogen and oxygen atoms in total. The van der Waals surface area contributed by atoms with Crippen LogP contribution < -0.4 is 0 Å². The van der Waals surface area contributed by atoms with Crippen molar-refractivity contribution in [3.8, 4) is 0 Å². The molecule has 17 heavy (non-hydrogen) atoms. The van der Waals surface area contributed by atoms with E-state index in [1.54, 1.807) is 6.08 Å². The number of carbonyl (C=O) groups is 2. The number of aliphatic carboxylic acids is 2. The summed E-state index contributed by atoms with van der Waals surface area (Å²) < 4.78 is 28.7. The second-order valence-electron chi connectivity index (χ2n) is 2.35. The van der Waals surface area contributed by atoms with Gasteiger partial charge in [0.2, 0.25) is 0 Å². The van der Waals surface area contributed by atoms with E-state index in [9.17, 15) is 18.0 Å². The number of carboxylic acids is 2. The number of carboxylic acid groups (broad SMARTS) is 2. The van der Waals surface area contributed by atoms with Crippen LogP contribution in [0.1, 0.15) is 13.3 Å². The van der Waals surface area contributed by atoms with Crippen molar-refractivity contribution in [3.63, 3.8) is 0 Å². The fourth-order valence-electron chi connectivity index (χ4n) is 0.479. The molecule has 0 fully saturated rings. The third kappa shape index (κ3) is 15.2. The largest absolute Gasteiger partial charge is 0.481 e. The molecule has 0 saturated heterocycles. The van der Waals surface area contributed by atoms with Crippen molar-refractivity contribution in [1.82, 2.24) is 0 Å². The second-order valence-corrected chi connectivity index (χ2v) is 3.95. The van der Waals surface area contributed by atoms with E-state index in [0.29, 0.717) is 0 Å². The van der Waals surface area contributed by atoms with Crippen molar-refractivity contribution in [3.05, 3.63) is 12.7 Å². The van der Waals surface area contributed by atoms with Crippen LogP contribution in [0.25, 0.3) is 0 Å². The third-order valence-electron chi connectivity index (χ3n) is 0.995. The van der Waals surface area contributed by atoms with E-state index >= 15 is 0 Å². The molecule has 0 saturated carbocycles. The summed E-state index contributed by atoms with van der Waals surface area (Å²) in [6.07, 6.45) is 0.591. The lowest BCUT2D eigenvalue weighted by Crippen LogP contribution is -2.31.